The van der Waals surface area contributed by atoms with E-state index in [4.69, 9.17) is 9.84 Å². The Labute approximate surface area is 99.9 Å². The largest absolute Gasteiger partial charge is 0.481 e. The average molecular weight is 236 g/mol. The van der Waals surface area contributed by atoms with Gasteiger partial charge in [-0.1, -0.05) is 0 Å². The van der Waals surface area contributed by atoms with Crippen molar-refractivity contribution in [1.29, 1.82) is 0 Å². The van der Waals surface area contributed by atoms with Crippen LogP contribution in [-0.2, 0) is 27.8 Å². The van der Waals surface area contributed by atoms with Crippen molar-refractivity contribution in [3.8, 4) is 0 Å². The second-order valence-corrected chi connectivity index (χ2v) is 4.71. The van der Waals surface area contributed by atoms with Crippen molar-refractivity contribution in [1.82, 2.24) is 9.97 Å². The molecule has 17 heavy (non-hydrogen) atoms. The Hall–Kier alpha value is -1.49. The molecule has 0 bridgehead atoms. The molecule has 0 aromatic carbocycles. The van der Waals surface area contributed by atoms with E-state index < -0.39 is 11.4 Å². The van der Waals surface area contributed by atoms with Crippen molar-refractivity contribution in [2.75, 3.05) is 13.2 Å². The van der Waals surface area contributed by atoms with Crippen LogP contribution in [0.25, 0.3) is 0 Å². The highest BCUT2D eigenvalue weighted by atomic mass is 16.5. The topological polar surface area (TPSA) is 72.3 Å². The van der Waals surface area contributed by atoms with E-state index in [2.05, 4.69) is 9.97 Å². The van der Waals surface area contributed by atoms with Gasteiger partial charge in [-0.2, -0.15) is 0 Å². The average Bonchev–Trinajstić information content (AvgIpc) is 2.52. The molecule has 0 amide bonds. The van der Waals surface area contributed by atoms with Gasteiger partial charge in [0.05, 0.1) is 13.2 Å². The molecular formula is C12H16N2O3. The van der Waals surface area contributed by atoms with Crippen LogP contribution in [0, 0.1) is 0 Å². The van der Waals surface area contributed by atoms with Gasteiger partial charge in [-0.05, 0) is 25.8 Å². The van der Waals surface area contributed by atoms with Gasteiger partial charge in [0, 0.05) is 18.3 Å². The second-order valence-electron chi connectivity index (χ2n) is 4.71. The van der Waals surface area contributed by atoms with Gasteiger partial charge in [0.25, 0.3) is 0 Å². The van der Waals surface area contributed by atoms with Crippen LogP contribution in [0.4, 0.5) is 0 Å². The number of aromatic nitrogens is 2. The van der Waals surface area contributed by atoms with Crippen LogP contribution in [0.1, 0.15) is 30.9 Å². The number of nitrogens with zero attached hydrogens (tertiary/aromatic N) is 2. The van der Waals surface area contributed by atoms with Gasteiger partial charge >= 0.3 is 5.97 Å². The molecule has 0 radical (unpaired) electrons. The lowest BCUT2D eigenvalue weighted by Crippen LogP contribution is -2.31. The smallest absolute Gasteiger partial charge is 0.316 e. The van der Waals surface area contributed by atoms with E-state index in [1.54, 1.807) is 20.0 Å². The summed E-state index contributed by atoms with van der Waals surface area (Å²) in [5, 5.41) is 9.15. The molecule has 2 heterocycles. The minimum atomic E-state index is -1.05. The first-order chi connectivity index (χ1) is 8.01. The van der Waals surface area contributed by atoms with Gasteiger partial charge in [-0.15, -0.1) is 0 Å². The van der Waals surface area contributed by atoms with E-state index in [-0.39, 0.29) is 0 Å². The van der Waals surface area contributed by atoms with E-state index in [1.165, 1.54) is 0 Å². The number of hydrogen-bond donors (Lipinski definition) is 1. The summed E-state index contributed by atoms with van der Waals surface area (Å²) in [5.74, 6) is -0.548. The van der Waals surface area contributed by atoms with Crippen molar-refractivity contribution < 1.29 is 14.6 Å². The van der Waals surface area contributed by atoms with Gasteiger partial charge in [-0.25, -0.2) is 9.97 Å². The fraction of sp³-hybridized carbons (Fsp3) is 0.583. The maximum Gasteiger partial charge on any atom is 0.316 e. The van der Waals surface area contributed by atoms with Crippen LogP contribution in [0.15, 0.2) is 6.20 Å². The third kappa shape index (κ3) is 2.29. The zero-order valence-electron chi connectivity index (χ0n) is 10.1. The molecule has 1 aliphatic rings. The molecule has 1 aromatic rings. The number of carboxylic acids is 1. The summed E-state index contributed by atoms with van der Waals surface area (Å²) in [7, 11) is 0. The van der Waals surface area contributed by atoms with Gasteiger partial charge in [0.2, 0.25) is 0 Å². The molecule has 1 N–H and O–H groups in total. The highest BCUT2D eigenvalue weighted by Crippen LogP contribution is 2.21. The number of carbonyl (C=O) groups is 1. The second kappa shape index (κ2) is 4.41. The summed E-state index contributed by atoms with van der Waals surface area (Å²) < 4.78 is 5.37. The van der Waals surface area contributed by atoms with E-state index in [9.17, 15) is 4.79 Å². The Bertz CT molecular complexity index is 443. The van der Waals surface area contributed by atoms with E-state index in [1.807, 2.05) is 0 Å². The van der Waals surface area contributed by atoms with Crippen molar-refractivity contribution in [2.45, 2.75) is 32.1 Å². The summed E-state index contributed by atoms with van der Waals surface area (Å²) in [6.07, 6.45) is 3.25. The van der Waals surface area contributed by atoms with E-state index in [0.29, 0.717) is 19.0 Å². The number of fused-ring (bicyclic) bond motifs is 1. The molecule has 1 aliphatic heterocycles. The van der Waals surface area contributed by atoms with Crippen molar-refractivity contribution in [2.24, 2.45) is 0 Å². The molecule has 0 fully saturated rings. The Balaban J connectivity index is 2.39. The van der Waals surface area contributed by atoms with Crippen molar-refractivity contribution >= 4 is 5.97 Å². The first kappa shape index (κ1) is 12.0. The highest BCUT2D eigenvalue weighted by molar-refractivity contribution is 5.78. The number of hydrogen-bond acceptors (Lipinski definition) is 4. The van der Waals surface area contributed by atoms with Gasteiger partial charge in [0.1, 0.15) is 11.2 Å². The minimum Gasteiger partial charge on any atom is -0.481 e. The third-order valence-corrected chi connectivity index (χ3v) is 3.05. The predicted molar refractivity (Wildman–Crippen MR) is 60.9 cm³/mol. The SMILES string of the molecule is CC(C)(C(=O)O)c1ncc2c(n1)CCOCC2. The molecule has 5 nitrogen and oxygen atoms in total. The van der Waals surface area contributed by atoms with Gasteiger partial charge in [-0.3, -0.25) is 4.79 Å². The molecule has 1 aromatic heterocycles. The molecule has 0 aliphatic carbocycles. The Kier molecular flexibility index (Phi) is 3.11. The summed E-state index contributed by atoms with van der Waals surface area (Å²) >= 11 is 0. The maximum absolute atomic E-state index is 11.2. The van der Waals surface area contributed by atoms with Crippen LogP contribution >= 0.6 is 0 Å². The van der Waals surface area contributed by atoms with Crippen LogP contribution in [-0.4, -0.2) is 34.3 Å². The number of aliphatic carboxylic acids is 1. The molecular weight excluding hydrogens is 220 g/mol. The quantitative estimate of drug-likeness (QED) is 0.827. The van der Waals surface area contributed by atoms with Crippen LogP contribution in [0.5, 0.6) is 0 Å². The predicted octanol–water partition coefficient (Wildman–Crippen LogP) is 0.954. The summed E-state index contributed by atoms with van der Waals surface area (Å²) in [4.78, 5) is 19.7. The summed E-state index contributed by atoms with van der Waals surface area (Å²) in [6, 6.07) is 0. The van der Waals surface area contributed by atoms with Gasteiger partial charge < -0.3 is 9.84 Å². The Morgan fingerprint density at radius 3 is 2.82 bits per heavy atom. The Morgan fingerprint density at radius 2 is 2.12 bits per heavy atom. The standard InChI is InChI=1S/C12H16N2O3/c1-12(2,11(15)16)10-13-7-8-3-5-17-6-4-9(8)14-10/h7H,3-6H2,1-2H3,(H,15,16). The normalized spacial score (nSPS) is 16.1. The van der Waals surface area contributed by atoms with Gasteiger partial charge in [0.15, 0.2) is 0 Å². The highest BCUT2D eigenvalue weighted by Gasteiger charge is 2.33. The van der Waals surface area contributed by atoms with E-state index in [0.717, 1.165) is 24.1 Å². The molecule has 0 saturated heterocycles. The van der Waals surface area contributed by atoms with E-state index >= 15 is 0 Å². The van der Waals surface area contributed by atoms with Crippen LogP contribution in [0.3, 0.4) is 0 Å². The lowest BCUT2D eigenvalue weighted by atomic mass is 9.92. The lowest BCUT2D eigenvalue weighted by molar-refractivity contribution is -0.142. The van der Waals surface area contributed by atoms with Crippen molar-refractivity contribution in [3.63, 3.8) is 0 Å². The summed E-state index contributed by atoms with van der Waals surface area (Å²) in [6.45, 7) is 4.55. The zero-order valence-corrected chi connectivity index (χ0v) is 10.1. The number of rotatable bonds is 2. The summed E-state index contributed by atoms with van der Waals surface area (Å²) in [5.41, 5.74) is 0.927. The molecule has 0 atom stereocenters. The number of ether oxygens (including phenoxy) is 1. The molecule has 0 unspecified atom stereocenters. The monoisotopic (exact) mass is 236 g/mol. The fourth-order valence-electron chi connectivity index (χ4n) is 1.72. The molecule has 92 valence electrons. The van der Waals surface area contributed by atoms with Crippen molar-refractivity contribution in [3.05, 3.63) is 23.3 Å². The first-order valence-electron chi connectivity index (χ1n) is 5.68. The van der Waals surface area contributed by atoms with Crippen LogP contribution in [0.2, 0.25) is 0 Å². The molecule has 0 spiro atoms. The maximum atomic E-state index is 11.2. The number of carboxylic acid groups (broad SMARTS) is 1. The fourth-order valence-corrected chi connectivity index (χ4v) is 1.72. The minimum absolute atomic E-state index is 0.366. The third-order valence-electron chi connectivity index (χ3n) is 3.05. The molecule has 2 rings (SSSR count). The molecule has 0 saturated carbocycles. The zero-order chi connectivity index (χ0) is 12.5. The van der Waals surface area contributed by atoms with Crippen LogP contribution < -0.4 is 0 Å². The first-order valence-corrected chi connectivity index (χ1v) is 5.68. The Morgan fingerprint density at radius 1 is 1.41 bits per heavy atom. The molecule has 5 heteroatoms. The lowest BCUT2D eigenvalue weighted by Gasteiger charge is -2.18.